The Labute approximate surface area is 193 Å². The van der Waals surface area contributed by atoms with Gasteiger partial charge >= 0.3 is 5.56 Å². The van der Waals surface area contributed by atoms with Gasteiger partial charge in [0.15, 0.2) is 0 Å². The number of hydrogen-bond donors (Lipinski definition) is 1. The third-order valence-electron chi connectivity index (χ3n) is 5.85. The van der Waals surface area contributed by atoms with Crippen molar-refractivity contribution in [2.24, 2.45) is 0 Å². The van der Waals surface area contributed by atoms with Gasteiger partial charge in [0.2, 0.25) is 0 Å². The zero-order chi connectivity index (χ0) is 24.0. The largest absolute Gasteiger partial charge is 0.425 e. The van der Waals surface area contributed by atoms with Crippen LogP contribution < -0.4 is 5.56 Å². The first-order valence-electron chi connectivity index (χ1n) is 10.6. The van der Waals surface area contributed by atoms with E-state index >= 15 is 0 Å². The molecule has 0 saturated carbocycles. The van der Waals surface area contributed by atoms with E-state index in [1.807, 2.05) is 29.0 Å². The highest BCUT2D eigenvalue weighted by molar-refractivity contribution is 6.12. The number of fused-ring (bicyclic) bond motifs is 3. The van der Waals surface area contributed by atoms with E-state index in [1.165, 1.54) is 23.2 Å². The van der Waals surface area contributed by atoms with Crippen LogP contribution in [0.4, 0.5) is 4.39 Å². The number of rotatable bonds is 4. The SMILES string of the molecule is CN(C)C(=O)c1cccc(-c2cn(Cc3ccc(F)cc3)c3cnc4c(=O)n(O)ccc4c23)c1. The van der Waals surface area contributed by atoms with Gasteiger partial charge in [0.05, 0.1) is 11.7 Å². The van der Waals surface area contributed by atoms with Gasteiger partial charge in [0.25, 0.3) is 5.91 Å². The second kappa shape index (κ2) is 8.15. The summed E-state index contributed by atoms with van der Waals surface area (Å²) in [6.45, 7) is 0.456. The molecule has 0 atom stereocenters. The minimum absolute atomic E-state index is 0.119. The van der Waals surface area contributed by atoms with Crippen LogP contribution >= 0.6 is 0 Å². The zero-order valence-corrected chi connectivity index (χ0v) is 18.6. The van der Waals surface area contributed by atoms with Crippen LogP contribution in [0.5, 0.6) is 0 Å². The molecule has 8 heteroatoms. The van der Waals surface area contributed by atoms with Gasteiger partial charge in [-0.1, -0.05) is 24.3 Å². The third-order valence-corrected chi connectivity index (χ3v) is 5.85. The number of pyridine rings is 2. The molecule has 2 aromatic carbocycles. The molecular formula is C26H21FN4O3. The van der Waals surface area contributed by atoms with Crippen LogP contribution in [0, 0.1) is 5.82 Å². The van der Waals surface area contributed by atoms with E-state index < -0.39 is 5.56 Å². The molecule has 5 rings (SSSR count). The second-order valence-corrected chi connectivity index (χ2v) is 8.32. The molecule has 0 unspecified atom stereocenters. The Hall–Kier alpha value is -4.46. The molecule has 0 aliphatic heterocycles. The highest BCUT2D eigenvalue weighted by atomic mass is 19.1. The number of aromatic nitrogens is 3. The summed E-state index contributed by atoms with van der Waals surface area (Å²) >= 11 is 0. The molecule has 0 bridgehead atoms. The minimum Gasteiger partial charge on any atom is -0.425 e. The van der Waals surface area contributed by atoms with Crippen molar-refractivity contribution in [3.63, 3.8) is 0 Å². The lowest BCUT2D eigenvalue weighted by molar-refractivity contribution is 0.0827. The normalized spacial score (nSPS) is 11.3. The Morgan fingerprint density at radius 3 is 2.62 bits per heavy atom. The summed E-state index contributed by atoms with van der Waals surface area (Å²) in [5.41, 5.74) is 3.34. The van der Waals surface area contributed by atoms with E-state index in [0.29, 0.717) is 22.2 Å². The van der Waals surface area contributed by atoms with Crippen molar-refractivity contribution < 1.29 is 14.4 Å². The average molecular weight is 456 g/mol. The van der Waals surface area contributed by atoms with E-state index in [0.717, 1.165) is 27.6 Å². The Balaban J connectivity index is 1.78. The van der Waals surface area contributed by atoms with Gasteiger partial charge in [-0.3, -0.25) is 9.59 Å². The number of nitrogens with zero attached hydrogens (tertiary/aromatic N) is 4. The van der Waals surface area contributed by atoms with Crippen LogP contribution in [-0.4, -0.2) is 44.4 Å². The summed E-state index contributed by atoms with van der Waals surface area (Å²) in [4.78, 5) is 30.9. The van der Waals surface area contributed by atoms with Crippen LogP contribution in [0.2, 0.25) is 0 Å². The van der Waals surface area contributed by atoms with Crippen molar-refractivity contribution in [1.29, 1.82) is 0 Å². The number of halogens is 1. The molecule has 3 aromatic heterocycles. The summed E-state index contributed by atoms with van der Waals surface area (Å²) < 4.78 is 15.9. The third kappa shape index (κ3) is 3.59. The van der Waals surface area contributed by atoms with Gasteiger partial charge in [0, 0.05) is 54.9 Å². The number of amides is 1. The Morgan fingerprint density at radius 2 is 1.88 bits per heavy atom. The van der Waals surface area contributed by atoms with E-state index in [2.05, 4.69) is 4.98 Å². The van der Waals surface area contributed by atoms with Gasteiger partial charge < -0.3 is 14.7 Å². The number of benzene rings is 2. The van der Waals surface area contributed by atoms with E-state index in [-0.39, 0.29) is 17.2 Å². The van der Waals surface area contributed by atoms with Crippen LogP contribution in [0.3, 0.4) is 0 Å². The molecule has 1 amide bonds. The molecule has 0 aliphatic carbocycles. The standard InChI is InChI=1S/C26H21FN4O3/c1-29(2)25(32)18-5-3-4-17(12-18)21-15-30(14-16-6-8-19(27)9-7-16)22-13-28-24-20(23(21)22)10-11-31(34)26(24)33/h3-13,15,34H,14H2,1-2H3. The van der Waals surface area contributed by atoms with Crippen LogP contribution in [-0.2, 0) is 6.54 Å². The number of carbonyl (C=O) groups is 1. The van der Waals surface area contributed by atoms with Crippen LogP contribution in [0.1, 0.15) is 15.9 Å². The maximum Gasteiger partial charge on any atom is 0.309 e. The van der Waals surface area contributed by atoms with Gasteiger partial charge in [-0.25, -0.2) is 9.37 Å². The predicted octanol–water partition coefficient (Wildman–Crippen LogP) is 4.14. The van der Waals surface area contributed by atoms with Gasteiger partial charge in [-0.05, 0) is 41.5 Å². The topological polar surface area (TPSA) is 80.4 Å². The van der Waals surface area contributed by atoms with Crippen molar-refractivity contribution in [1.82, 2.24) is 19.2 Å². The smallest absolute Gasteiger partial charge is 0.309 e. The highest BCUT2D eigenvalue weighted by Gasteiger charge is 2.18. The summed E-state index contributed by atoms with van der Waals surface area (Å²) in [5.74, 6) is -0.427. The molecule has 5 aromatic rings. The Kier molecular flexibility index (Phi) is 5.13. The molecule has 0 spiro atoms. The molecule has 0 radical (unpaired) electrons. The first-order chi connectivity index (χ1) is 16.3. The van der Waals surface area contributed by atoms with E-state index in [1.54, 1.807) is 44.6 Å². The first-order valence-corrected chi connectivity index (χ1v) is 10.6. The van der Waals surface area contributed by atoms with Gasteiger partial charge in [0.1, 0.15) is 11.3 Å². The van der Waals surface area contributed by atoms with Crippen molar-refractivity contribution in [3.05, 3.63) is 100 Å². The van der Waals surface area contributed by atoms with E-state index in [9.17, 15) is 19.2 Å². The van der Waals surface area contributed by atoms with Crippen molar-refractivity contribution >= 4 is 27.7 Å². The fourth-order valence-electron chi connectivity index (χ4n) is 4.18. The van der Waals surface area contributed by atoms with Crippen molar-refractivity contribution in [3.8, 4) is 11.1 Å². The summed E-state index contributed by atoms with van der Waals surface area (Å²) in [6.07, 6.45) is 4.83. The zero-order valence-electron chi connectivity index (χ0n) is 18.6. The second-order valence-electron chi connectivity index (χ2n) is 8.32. The molecule has 3 heterocycles. The fraction of sp³-hybridized carbons (Fsp3) is 0.115. The molecule has 7 nitrogen and oxygen atoms in total. The molecule has 1 N–H and O–H groups in total. The molecular weight excluding hydrogens is 435 g/mol. The van der Waals surface area contributed by atoms with Crippen LogP contribution in [0.25, 0.3) is 32.9 Å². The highest BCUT2D eigenvalue weighted by Crippen LogP contribution is 2.35. The predicted molar refractivity (Wildman–Crippen MR) is 128 cm³/mol. The molecule has 0 aliphatic rings. The number of hydrogen-bond acceptors (Lipinski definition) is 4. The summed E-state index contributed by atoms with van der Waals surface area (Å²) in [7, 11) is 3.39. The lowest BCUT2D eigenvalue weighted by Gasteiger charge is -2.11. The maximum atomic E-state index is 13.4. The fourth-order valence-corrected chi connectivity index (χ4v) is 4.18. The van der Waals surface area contributed by atoms with Crippen molar-refractivity contribution in [2.45, 2.75) is 6.54 Å². The lowest BCUT2D eigenvalue weighted by Crippen LogP contribution is -2.21. The Bertz CT molecular complexity index is 1620. The monoisotopic (exact) mass is 456 g/mol. The van der Waals surface area contributed by atoms with Gasteiger partial charge in [-0.15, -0.1) is 0 Å². The average Bonchev–Trinajstić information content (AvgIpc) is 3.21. The number of carbonyl (C=O) groups excluding carboxylic acids is 1. The summed E-state index contributed by atoms with van der Waals surface area (Å²) in [6, 6.07) is 15.2. The minimum atomic E-state index is -0.617. The van der Waals surface area contributed by atoms with Crippen molar-refractivity contribution in [2.75, 3.05) is 14.1 Å². The quantitative estimate of drug-likeness (QED) is 0.412. The first kappa shape index (κ1) is 21.4. The Morgan fingerprint density at radius 1 is 1.12 bits per heavy atom. The summed E-state index contributed by atoms with van der Waals surface area (Å²) in [5, 5.41) is 11.2. The lowest BCUT2D eigenvalue weighted by atomic mass is 10.0. The molecule has 34 heavy (non-hydrogen) atoms. The molecule has 170 valence electrons. The van der Waals surface area contributed by atoms with E-state index in [4.69, 9.17) is 0 Å². The maximum absolute atomic E-state index is 13.4. The van der Waals surface area contributed by atoms with Gasteiger partial charge in [-0.2, -0.15) is 4.73 Å². The molecule has 0 saturated heterocycles. The van der Waals surface area contributed by atoms with Crippen LogP contribution in [0.15, 0.2) is 78.0 Å². The molecule has 0 fully saturated rings.